The molecule has 24 heavy (non-hydrogen) atoms. The summed E-state index contributed by atoms with van der Waals surface area (Å²) in [4.78, 5) is 1.86. The summed E-state index contributed by atoms with van der Waals surface area (Å²) < 4.78 is 0. The maximum Gasteiger partial charge on any atom is 0.155 e. The van der Waals surface area contributed by atoms with Gasteiger partial charge in [-0.2, -0.15) is 0 Å². The topological polar surface area (TPSA) is 67.8 Å². The van der Waals surface area contributed by atoms with Crippen LogP contribution < -0.4 is 15.5 Å². The van der Waals surface area contributed by atoms with Crippen molar-refractivity contribution < 1.29 is 10.2 Å². The summed E-state index contributed by atoms with van der Waals surface area (Å²) in [7, 11) is 1.82. The molecule has 0 saturated heterocycles. The first kappa shape index (κ1) is 16.9. The van der Waals surface area contributed by atoms with Crippen molar-refractivity contribution in [2.75, 3.05) is 18.5 Å². The van der Waals surface area contributed by atoms with Crippen molar-refractivity contribution in [3.05, 3.63) is 65.7 Å². The monoisotopic (exact) mass is 327 g/mol. The smallest absolute Gasteiger partial charge is 0.155 e. The van der Waals surface area contributed by atoms with Crippen LogP contribution in [0.25, 0.3) is 0 Å². The molecule has 2 aromatic carbocycles. The average Bonchev–Trinajstić information content (AvgIpc) is 2.71. The lowest BCUT2D eigenvalue weighted by atomic mass is 9.97. The van der Waals surface area contributed by atoms with Crippen molar-refractivity contribution in [3.63, 3.8) is 0 Å². The molecule has 0 saturated carbocycles. The number of aliphatic hydroxyl groups excluding tert-OH is 2. The molecule has 0 aliphatic carbocycles. The number of fused-ring (bicyclic) bond motifs is 1. The van der Waals surface area contributed by atoms with E-state index in [-0.39, 0.29) is 12.2 Å². The first-order chi connectivity index (χ1) is 11.6. The molecule has 5 heteroatoms. The number of β-amino-alcohol motifs (C(OH)–C–C–N with tert-alkyl or cyclic N) is 1. The minimum atomic E-state index is -0.792. The van der Waals surface area contributed by atoms with Gasteiger partial charge in [-0.15, -0.1) is 0 Å². The Balaban J connectivity index is 2.11. The lowest BCUT2D eigenvalue weighted by molar-refractivity contribution is 0.0957. The summed E-state index contributed by atoms with van der Waals surface area (Å²) in [5.41, 5.74) is 3.16. The number of anilines is 1. The zero-order chi connectivity index (χ0) is 17.1. The summed E-state index contributed by atoms with van der Waals surface area (Å²) >= 11 is 0. The number of benzene rings is 2. The minimum Gasteiger partial charge on any atom is -0.392 e. The van der Waals surface area contributed by atoms with Crippen LogP contribution in [-0.2, 0) is 0 Å². The summed E-state index contributed by atoms with van der Waals surface area (Å²) in [5, 5.41) is 27.4. The fraction of sp³-hybridized carbons (Fsp3) is 0.368. The Labute approximate surface area is 142 Å². The van der Waals surface area contributed by atoms with Crippen LogP contribution in [0.3, 0.4) is 0 Å². The highest BCUT2D eigenvalue weighted by Gasteiger charge is 2.34. The second kappa shape index (κ2) is 7.32. The van der Waals surface area contributed by atoms with Crippen LogP contribution >= 0.6 is 0 Å². The molecule has 2 aromatic rings. The highest BCUT2D eigenvalue weighted by molar-refractivity contribution is 5.59. The number of hydrogen-bond acceptors (Lipinski definition) is 5. The second-order valence-electron chi connectivity index (χ2n) is 6.25. The number of para-hydroxylation sites is 1. The standard InChI is InChI=1S/C19H25N3O2/c1-13(23)12-22-16-11-7-6-10-15(16)17(14-8-4-3-5-9-14)21-18(20-2)19(22)24/h3-11,13,17-21,23-24H,12H2,1-2H3/t13?,17?,18?,19-/m0/s1. The molecule has 4 atom stereocenters. The van der Waals surface area contributed by atoms with Gasteiger partial charge >= 0.3 is 0 Å². The van der Waals surface area contributed by atoms with Gasteiger partial charge in [0.1, 0.15) is 6.17 Å². The van der Waals surface area contributed by atoms with Gasteiger partial charge in [0.2, 0.25) is 0 Å². The number of nitrogens with one attached hydrogen (secondary N) is 2. The first-order valence-electron chi connectivity index (χ1n) is 8.31. The van der Waals surface area contributed by atoms with E-state index < -0.39 is 12.3 Å². The third kappa shape index (κ3) is 3.30. The van der Waals surface area contributed by atoms with E-state index in [0.717, 1.165) is 16.8 Å². The molecule has 0 amide bonds. The second-order valence-corrected chi connectivity index (χ2v) is 6.25. The molecule has 0 radical (unpaired) electrons. The molecule has 1 heterocycles. The van der Waals surface area contributed by atoms with Crippen LogP contribution in [0.1, 0.15) is 24.1 Å². The molecule has 0 bridgehead atoms. The predicted octanol–water partition coefficient (Wildman–Crippen LogP) is 1.43. The van der Waals surface area contributed by atoms with Crippen LogP contribution in [0.5, 0.6) is 0 Å². The lowest BCUT2D eigenvalue weighted by Gasteiger charge is -2.34. The van der Waals surface area contributed by atoms with Crippen molar-refractivity contribution in [2.24, 2.45) is 0 Å². The molecular formula is C19H25N3O2. The Morgan fingerprint density at radius 3 is 2.46 bits per heavy atom. The van der Waals surface area contributed by atoms with Crippen LogP contribution in [0.2, 0.25) is 0 Å². The minimum absolute atomic E-state index is 0.0477. The van der Waals surface area contributed by atoms with E-state index >= 15 is 0 Å². The summed E-state index contributed by atoms with van der Waals surface area (Å²) in [6.45, 7) is 2.09. The van der Waals surface area contributed by atoms with Gasteiger partial charge in [-0.05, 0) is 31.2 Å². The molecule has 3 rings (SSSR count). The fourth-order valence-electron chi connectivity index (χ4n) is 3.32. The van der Waals surface area contributed by atoms with E-state index in [9.17, 15) is 10.2 Å². The lowest BCUT2D eigenvalue weighted by Crippen LogP contribution is -2.56. The summed E-state index contributed by atoms with van der Waals surface area (Å²) in [6.07, 6.45) is -1.67. The van der Waals surface area contributed by atoms with Crippen molar-refractivity contribution in [2.45, 2.75) is 31.5 Å². The highest BCUT2D eigenvalue weighted by atomic mass is 16.3. The molecule has 1 aliphatic rings. The van der Waals surface area contributed by atoms with Gasteiger partial charge in [0.15, 0.2) is 6.23 Å². The van der Waals surface area contributed by atoms with Gasteiger partial charge in [-0.3, -0.25) is 5.32 Å². The molecule has 0 fully saturated rings. The Kier molecular flexibility index (Phi) is 5.16. The first-order valence-corrected chi connectivity index (χ1v) is 8.31. The molecule has 0 spiro atoms. The fourth-order valence-corrected chi connectivity index (χ4v) is 3.32. The van der Waals surface area contributed by atoms with E-state index in [2.05, 4.69) is 28.8 Å². The van der Waals surface area contributed by atoms with Gasteiger partial charge in [0.05, 0.1) is 12.1 Å². The van der Waals surface area contributed by atoms with E-state index in [0.29, 0.717) is 6.54 Å². The van der Waals surface area contributed by atoms with Gasteiger partial charge in [0.25, 0.3) is 0 Å². The molecular weight excluding hydrogens is 302 g/mol. The van der Waals surface area contributed by atoms with Gasteiger partial charge in [0, 0.05) is 12.2 Å². The normalized spacial score (nSPS) is 25.0. The maximum atomic E-state index is 10.9. The van der Waals surface area contributed by atoms with Crippen LogP contribution in [-0.4, -0.2) is 42.3 Å². The van der Waals surface area contributed by atoms with Gasteiger partial charge < -0.3 is 20.4 Å². The van der Waals surface area contributed by atoms with Crippen LogP contribution in [0, 0.1) is 0 Å². The van der Waals surface area contributed by atoms with Crippen LogP contribution in [0.15, 0.2) is 54.6 Å². The molecule has 3 unspecified atom stereocenters. The SMILES string of the molecule is CNC1NC(c2ccccc2)c2ccccc2N(CC(C)O)[C@H]1O. The largest absolute Gasteiger partial charge is 0.392 e. The van der Waals surface area contributed by atoms with Gasteiger partial charge in [-0.1, -0.05) is 48.5 Å². The Morgan fingerprint density at radius 1 is 1.12 bits per heavy atom. The molecule has 5 nitrogen and oxygen atoms in total. The third-order valence-electron chi connectivity index (χ3n) is 4.43. The van der Waals surface area contributed by atoms with Gasteiger partial charge in [-0.25, -0.2) is 0 Å². The average molecular weight is 327 g/mol. The zero-order valence-electron chi connectivity index (χ0n) is 14.1. The van der Waals surface area contributed by atoms with Crippen molar-refractivity contribution in [3.8, 4) is 0 Å². The van der Waals surface area contributed by atoms with Crippen molar-refractivity contribution in [1.29, 1.82) is 0 Å². The van der Waals surface area contributed by atoms with Crippen molar-refractivity contribution in [1.82, 2.24) is 10.6 Å². The quantitative estimate of drug-likeness (QED) is 0.684. The van der Waals surface area contributed by atoms with Crippen LogP contribution in [0.4, 0.5) is 5.69 Å². The Morgan fingerprint density at radius 2 is 1.79 bits per heavy atom. The molecule has 1 aliphatic heterocycles. The Hall–Kier alpha value is -1.92. The maximum absolute atomic E-state index is 10.9. The molecule has 128 valence electrons. The predicted molar refractivity (Wildman–Crippen MR) is 95.7 cm³/mol. The number of likely N-dealkylation sites (N-methyl/N-ethyl adjacent to an activating group) is 1. The Bertz CT molecular complexity index is 663. The number of aliphatic hydroxyl groups is 2. The number of rotatable bonds is 4. The van der Waals surface area contributed by atoms with E-state index in [1.165, 1.54) is 0 Å². The number of nitrogens with zero attached hydrogens (tertiary/aromatic N) is 1. The molecule has 0 aromatic heterocycles. The zero-order valence-corrected chi connectivity index (χ0v) is 14.1. The third-order valence-corrected chi connectivity index (χ3v) is 4.43. The highest BCUT2D eigenvalue weighted by Crippen LogP contribution is 2.35. The summed E-state index contributed by atoms with van der Waals surface area (Å²) in [6, 6.07) is 18.2. The molecule has 4 N–H and O–H groups in total. The van der Waals surface area contributed by atoms with E-state index in [1.807, 2.05) is 48.3 Å². The van der Waals surface area contributed by atoms with Crippen molar-refractivity contribution >= 4 is 5.69 Å². The van der Waals surface area contributed by atoms with E-state index in [4.69, 9.17) is 0 Å². The van der Waals surface area contributed by atoms with E-state index in [1.54, 1.807) is 6.92 Å². The summed E-state index contributed by atoms with van der Waals surface area (Å²) in [5.74, 6) is 0. The number of hydrogen-bond donors (Lipinski definition) is 4.